The van der Waals surface area contributed by atoms with E-state index in [0.29, 0.717) is 11.5 Å². The molecule has 0 aliphatic carbocycles. The molecule has 2 heterocycles. The SMILES string of the molecule is Cc1coc2cccc(OCC(O)COc3cccc4occ(C)c34)c12. The summed E-state index contributed by atoms with van der Waals surface area (Å²) in [5.41, 5.74) is 3.55. The molecule has 5 heteroatoms. The number of benzene rings is 2. The minimum absolute atomic E-state index is 0.129. The summed E-state index contributed by atoms with van der Waals surface area (Å²) in [6.45, 7) is 4.19. The van der Waals surface area contributed by atoms with Crippen LogP contribution >= 0.6 is 0 Å². The van der Waals surface area contributed by atoms with E-state index in [0.717, 1.165) is 33.1 Å². The summed E-state index contributed by atoms with van der Waals surface area (Å²) in [5, 5.41) is 12.1. The van der Waals surface area contributed by atoms with Crippen molar-refractivity contribution < 1.29 is 23.4 Å². The third-order valence-corrected chi connectivity index (χ3v) is 4.35. The molecule has 26 heavy (non-hydrogen) atoms. The van der Waals surface area contributed by atoms with Crippen LogP contribution in [0.1, 0.15) is 11.1 Å². The number of aryl methyl sites for hydroxylation is 2. The maximum absolute atomic E-state index is 10.3. The largest absolute Gasteiger partial charge is 0.490 e. The highest BCUT2D eigenvalue weighted by Crippen LogP contribution is 2.31. The summed E-state index contributed by atoms with van der Waals surface area (Å²) in [4.78, 5) is 0. The summed E-state index contributed by atoms with van der Waals surface area (Å²) in [5.74, 6) is 1.39. The van der Waals surface area contributed by atoms with Crippen LogP contribution in [-0.2, 0) is 0 Å². The van der Waals surface area contributed by atoms with Gasteiger partial charge in [0.2, 0.25) is 0 Å². The van der Waals surface area contributed by atoms with Crippen molar-refractivity contribution in [3.63, 3.8) is 0 Å². The number of hydrogen-bond donors (Lipinski definition) is 1. The van der Waals surface area contributed by atoms with Gasteiger partial charge in [0.05, 0.1) is 23.3 Å². The first kappa shape index (κ1) is 16.5. The van der Waals surface area contributed by atoms with E-state index in [2.05, 4.69) is 0 Å². The molecule has 0 aliphatic rings. The Kier molecular flexibility index (Phi) is 4.31. The summed E-state index contributed by atoms with van der Waals surface area (Å²) < 4.78 is 22.5. The first-order chi connectivity index (χ1) is 12.6. The van der Waals surface area contributed by atoms with Gasteiger partial charge in [-0.3, -0.25) is 0 Å². The molecular formula is C21H20O5. The molecule has 0 aliphatic heterocycles. The second-order valence-corrected chi connectivity index (χ2v) is 6.37. The van der Waals surface area contributed by atoms with Crippen LogP contribution in [0.15, 0.2) is 57.8 Å². The molecule has 0 unspecified atom stereocenters. The average Bonchev–Trinajstić information content (AvgIpc) is 3.22. The van der Waals surface area contributed by atoms with Crippen LogP contribution in [0.4, 0.5) is 0 Å². The lowest BCUT2D eigenvalue weighted by Gasteiger charge is -2.15. The Morgan fingerprint density at radius 1 is 0.808 bits per heavy atom. The van der Waals surface area contributed by atoms with Gasteiger partial charge >= 0.3 is 0 Å². The fraction of sp³-hybridized carbons (Fsp3) is 0.238. The van der Waals surface area contributed by atoms with Gasteiger partial charge in [0.1, 0.15) is 42.0 Å². The van der Waals surface area contributed by atoms with Gasteiger partial charge in [0.15, 0.2) is 0 Å². The van der Waals surface area contributed by atoms with E-state index in [-0.39, 0.29) is 13.2 Å². The maximum Gasteiger partial charge on any atom is 0.137 e. The first-order valence-electron chi connectivity index (χ1n) is 8.51. The van der Waals surface area contributed by atoms with Crippen molar-refractivity contribution in [2.24, 2.45) is 0 Å². The highest BCUT2D eigenvalue weighted by molar-refractivity contribution is 5.87. The Bertz CT molecular complexity index is 959. The summed E-state index contributed by atoms with van der Waals surface area (Å²) in [6, 6.07) is 11.3. The summed E-state index contributed by atoms with van der Waals surface area (Å²) >= 11 is 0. The zero-order valence-corrected chi connectivity index (χ0v) is 14.7. The van der Waals surface area contributed by atoms with Crippen LogP contribution in [0, 0.1) is 13.8 Å². The van der Waals surface area contributed by atoms with Gasteiger partial charge in [-0.15, -0.1) is 0 Å². The lowest BCUT2D eigenvalue weighted by Crippen LogP contribution is -2.25. The molecule has 4 aromatic rings. The van der Waals surface area contributed by atoms with Crippen LogP contribution in [0.25, 0.3) is 21.9 Å². The third-order valence-electron chi connectivity index (χ3n) is 4.35. The number of fused-ring (bicyclic) bond motifs is 2. The Labute approximate surface area is 150 Å². The molecule has 2 aromatic heterocycles. The van der Waals surface area contributed by atoms with Crippen LogP contribution in [0.5, 0.6) is 11.5 Å². The van der Waals surface area contributed by atoms with Gasteiger partial charge in [-0.25, -0.2) is 0 Å². The zero-order chi connectivity index (χ0) is 18.1. The lowest BCUT2D eigenvalue weighted by atomic mass is 10.2. The van der Waals surface area contributed by atoms with Gasteiger partial charge in [0.25, 0.3) is 0 Å². The smallest absolute Gasteiger partial charge is 0.137 e. The molecule has 0 atom stereocenters. The van der Waals surface area contributed by atoms with E-state index in [9.17, 15) is 5.11 Å². The molecule has 0 fully saturated rings. The first-order valence-corrected chi connectivity index (χ1v) is 8.51. The number of hydrogen-bond acceptors (Lipinski definition) is 5. The van der Waals surface area contributed by atoms with Crippen LogP contribution in [0.2, 0.25) is 0 Å². The van der Waals surface area contributed by atoms with Crippen LogP contribution in [0.3, 0.4) is 0 Å². The van der Waals surface area contributed by atoms with E-state index >= 15 is 0 Å². The Morgan fingerprint density at radius 3 is 1.73 bits per heavy atom. The quantitative estimate of drug-likeness (QED) is 0.549. The minimum atomic E-state index is -0.764. The summed E-state index contributed by atoms with van der Waals surface area (Å²) in [6.07, 6.45) is 2.63. The molecule has 0 saturated heterocycles. The van der Waals surface area contributed by atoms with Gasteiger partial charge < -0.3 is 23.4 Å². The van der Waals surface area contributed by atoms with Crippen molar-refractivity contribution in [3.05, 3.63) is 60.1 Å². The second-order valence-electron chi connectivity index (χ2n) is 6.37. The number of rotatable bonds is 6. The van der Waals surface area contributed by atoms with Crippen molar-refractivity contribution in [3.8, 4) is 11.5 Å². The zero-order valence-electron chi connectivity index (χ0n) is 14.7. The van der Waals surface area contributed by atoms with Crippen LogP contribution < -0.4 is 9.47 Å². The molecule has 0 bridgehead atoms. The monoisotopic (exact) mass is 352 g/mol. The predicted molar refractivity (Wildman–Crippen MR) is 98.9 cm³/mol. The van der Waals surface area contributed by atoms with E-state index < -0.39 is 6.10 Å². The fourth-order valence-electron chi connectivity index (χ4n) is 3.08. The lowest BCUT2D eigenvalue weighted by molar-refractivity contribution is 0.0637. The van der Waals surface area contributed by atoms with Crippen LogP contribution in [-0.4, -0.2) is 24.4 Å². The molecule has 0 spiro atoms. The van der Waals surface area contributed by atoms with Crippen molar-refractivity contribution >= 4 is 21.9 Å². The van der Waals surface area contributed by atoms with Gasteiger partial charge in [-0.2, -0.15) is 0 Å². The Balaban J connectivity index is 1.42. The topological polar surface area (TPSA) is 65.0 Å². The highest BCUT2D eigenvalue weighted by Gasteiger charge is 2.13. The number of aliphatic hydroxyl groups excluding tert-OH is 1. The Hall–Kier alpha value is -2.92. The number of furan rings is 2. The normalized spacial score (nSPS) is 11.5. The molecule has 4 rings (SSSR count). The minimum Gasteiger partial charge on any atom is -0.490 e. The van der Waals surface area contributed by atoms with Gasteiger partial charge in [0, 0.05) is 0 Å². The number of aliphatic hydroxyl groups is 1. The Morgan fingerprint density at radius 2 is 1.27 bits per heavy atom. The molecule has 2 aromatic carbocycles. The van der Waals surface area contributed by atoms with Crippen molar-refractivity contribution in [2.75, 3.05) is 13.2 Å². The van der Waals surface area contributed by atoms with E-state index in [4.69, 9.17) is 18.3 Å². The van der Waals surface area contributed by atoms with Crippen molar-refractivity contribution in [1.82, 2.24) is 0 Å². The molecule has 1 N–H and O–H groups in total. The molecular weight excluding hydrogens is 332 g/mol. The average molecular weight is 352 g/mol. The maximum atomic E-state index is 10.3. The number of ether oxygens (including phenoxy) is 2. The fourth-order valence-corrected chi connectivity index (χ4v) is 3.08. The summed E-state index contributed by atoms with van der Waals surface area (Å²) in [7, 11) is 0. The molecule has 0 saturated carbocycles. The van der Waals surface area contributed by atoms with Gasteiger partial charge in [-0.1, -0.05) is 12.1 Å². The van der Waals surface area contributed by atoms with E-state index in [1.807, 2.05) is 50.2 Å². The molecule has 134 valence electrons. The standard InChI is InChI=1S/C21H20O5/c1-13-9-23-16-5-3-7-18(20(13)16)25-11-15(22)12-26-19-8-4-6-17-21(19)14(2)10-24-17/h3-10,15,22H,11-12H2,1-2H3. The van der Waals surface area contributed by atoms with Crippen molar-refractivity contribution in [2.45, 2.75) is 20.0 Å². The van der Waals surface area contributed by atoms with Crippen molar-refractivity contribution in [1.29, 1.82) is 0 Å². The molecule has 0 amide bonds. The van der Waals surface area contributed by atoms with E-state index in [1.165, 1.54) is 0 Å². The third kappa shape index (κ3) is 3.02. The van der Waals surface area contributed by atoms with E-state index in [1.54, 1.807) is 12.5 Å². The molecule has 0 radical (unpaired) electrons. The predicted octanol–water partition coefficient (Wildman–Crippen LogP) is 4.61. The highest BCUT2D eigenvalue weighted by atomic mass is 16.5. The van der Waals surface area contributed by atoms with Gasteiger partial charge in [-0.05, 0) is 49.2 Å². The second kappa shape index (κ2) is 6.77. The molecule has 5 nitrogen and oxygen atoms in total.